The van der Waals surface area contributed by atoms with Crippen LogP contribution < -0.4 is 10.5 Å². The molecule has 20 heavy (non-hydrogen) atoms. The van der Waals surface area contributed by atoms with Crippen LogP contribution in [0.25, 0.3) is 0 Å². The first-order valence-electron chi connectivity index (χ1n) is 6.33. The minimum absolute atomic E-state index is 0.0230. The van der Waals surface area contributed by atoms with Gasteiger partial charge in [0.1, 0.15) is 22.0 Å². The number of furan rings is 1. The molecule has 1 atom stereocenters. The Labute approximate surface area is 117 Å². The molecule has 2 heterocycles. The Kier molecular flexibility index (Phi) is 4.17. The summed E-state index contributed by atoms with van der Waals surface area (Å²) >= 11 is 0. The highest BCUT2D eigenvalue weighted by molar-refractivity contribution is 7.89. The molecule has 1 aromatic heterocycles. The fourth-order valence-electron chi connectivity index (χ4n) is 2.37. The lowest BCUT2D eigenvalue weighted by Gasteiger charge is -2.11. The molecule has 1 aromatic rings. The second-order valence-corrected chi connectivity index (χ2v) is 6.31. The number of carbonyl (C=O) groups is 1. The molecule has 8 heteroatoms. The summed E-state index contributed by atoms with van der Waals surface area (Å²) in [6.07, 6.45) is 1.82. The molecule has 0 saturated carbocycles. The zero-order chi connectivity index (χ0) is 14.9. The molecule has 1 saturated heterocycles. The number of nitrogens with two attached hydrogens (primary N) is 1. The predicted octanol–water partition coefficient (Wildman–Crippen LogP) is 0.453. The molecule has 1 aliphatic heterocycles. The van der Waals surface area contributed by atoms with Gasteiger partial charge in [-0.25, -0.2) is 13.6 Å². The van der Waals surface area contributed by atoms with E-state index in [0.29, 0.717) is 13.2 Å². The third-order valence-electron chi connectivity index (χ3n) is 3.23. The summed E-state index contributed by atoms with van der Waals surface area (Å²) in [5.41, 5.74) is -0.0250. The van der Waals surface area contributed by atoms with Gasteiger partial charge in [-0.1, -0.05) is 0 Å². The first kappa shape index (κ1) is 15.0. The number of rotatable bonds is 4. The number of ether oxygens (including phenoxy) is 1. The molecular weight excluding hydrogens is 284 g/mol. The molecule has 1 unspecified atom stereocenters. The summed E-state index contributed by atoms with van der Waals surface area (Å²) in [7, 11) is -4.01. The van der Waals surface area contributed by atoms with Gasteiger partial charge in [0, 0.05) is 13.2 Å². The molecule has 2 rings (SSSR count). The Morgan fingerprint density at radius 1 is 1.40 bits per heavy atom. The Morgan fingerprint density at radius 2 is 2.10 bits per heavy atom. The van der Waals surface area contributed by atoms with Gasteiger partial charge in [-0.05, 0) is 26.7 Å². The third-order valence-corrected chi connectivity index (χ3v) is 4.29. The topological polar surface area (TPSA) is 112 Å². The molecule has 0 spiro atoms. The molecular formula is C12H18N2O5S. The number of hydrogen-bond acceptors (Lipinski definition) is 5. The molecule has 0 aliphatic carbocycles. The van der Waals surface area contributed by atoms with E-state index in [9.17, 15) is 13.2 Å². The molecule has 1 aliphatic rings. The van der Waals surface area contributed by atoms with E-state index < -0.39 is 15.9 Å². The van der Waals surface area contributed by atoms with Gasteiger partial charge < -0.3 is 14.5 Å². The lowest BCUT2D eigenvalue weighted by Crippen LogP contribution is -2.33. The van der Waals surface area contributed by atoms with Crippen molar-refractivity contribution in [3.63, 3.8) is 0 Å². The SMILES string of the molecule is Cc1oc(C)c(S(N)(=O)=O)c1C(=O)NCC1CCCO1. The summed E-state index contributed by atoms with van der Waals surface area (Å²) < 4.78 is 33.7. The Balaban J connectivity index is 2.21. The van der Waals surface area contributed by atoms with Crippen LogP contribution in [0.4, 0.5) is 0 Å². The van der Waals surface area contributed by atoms with Gasteiger partial charge >= 0.3 is 0 Å². The van der Waals surface area contributed by atoms with E-state index in [4.69, 9.17) is 14.3 Å². The van der Waals surface area contributed by atoms with Crippen LogP contribution in [0.1, 0.15) is 34.7 Å². The fourth-order valence-corrected chi connectivity index (χ4v) is 3.33. The van der Waals surface area contributed by atoms with E-state index >= 15 is 0 Å². The minimum atomic E-state index is -4.01. The number of hydrogen-bond donors (Lipinski definition) is 2. The standard InChI is InChI=1S/C12H18N2O5S/c1-7-10(11(8(2)19-7)20(13,16)17)12(15)14-6-9-4-3-5-18-9/h9H,3-6H2,1-2H3,(H,14,15)(H2,13,16,17). The van der Waals surface area contributed by atoms with E-state index in [-0.39, 0.29) is 28.1 Å². The van der Waals surface area contributed by atoms with Crippen LogP contribution in [-0.2, 0) is 14.8 Å². The predicted molar refractivity (Wildman–Crippen MR) is 70.9 cm³/mol. The van der Waals surface area contributed by atoms with E-state index in [2.05, 4.69) is 5.32 Å². The van der Waals surface area contributed by atoms with Gasteiger partial charge in [0.15, 0.2) is 0 Å². The van der Waals surface area contributed by atoms with Gasteiger partial charge in [-0.3, -0.25) is 4.79 Å². The molecule has 3 N–H and O–H groups in total. The lowest BCUT2D eigenvalue weighted by atomic mass is 10.2. The number of nitrogens with one attached hydrogen (secondary N) is 1. The lowest BCUT2D eigenvalue weighted by molar-refractivity contribution is 0.0854. The normalized spacial score (nSPS) is 19.2. The van der Waals surface area contributed by atoms with Crippen molar-refractivity contribution >= 4 is 15.9 Å². The second kappa shape index (κ2) is 5.55. The molecule has 7 nitrogen and oxygen atoms in total. The smallest absolute Gasteiger partial charge is 0.256 e. The Hall–Kier alpha value is -1.38. The van der Waals surface area contributed by atoms with E-state index in [1.54, 1.807) is 0 Å². The summed E-state index contributed by atoms with van der Waals surface area (Å²) in [5, 5.41) is 7.80. The van der Waals surface area contributed by atoms with E-state index in [1.165, 1.54) is 13.8 Å². The zero-order valence-electron chi connectivity index (χ0n) is 11.4. The Bertz CT molecular complexity index is 614. The Morgan fingerprint density at radius 3 is 2.65 bits per heavy atom. The van der Waals surface area contributed by atoms with Crippen LogP contribution in [0.5, 0.6) is 0 Å². The number of amides is 1. The number of primary sulfonamides is 1. The van der Waals surface area contributed by atoms with Crippen LogP contribution in [-0.4, -0.2) is 33.6 Å². The zero-order valence-corrected chi connectivity index (χ0v) is 12.2. The average molecular weight is 302 g/mol. The average Bonchev–Trinajstić information content (AvgIpc) is 2.92. The van der Waals surface area contributed by atoms with Crippen LogP contribution in [0, 0.1) is 13.8 Å². The second-order valence-electron chi connectivity index (χ2n) is 4.81. The maximum atomic E-state index is 12.2. The van der Waals surface area contributed by atoms with Gasteiger partial charge in [-0.2, -0.15) is 0 Å². The van der Waals surface area contributed by atoms with Crippen molar-refractivity contribution in [2.24, 2.45) is 5.14 Å². The number of aryl methyl sites for hydroxylation is 2. The quantitative estimate of drug-likeness (QED) is 0.839. The third kappa shape index (κ3) is 3.02. The monoisotopic (exact) mass is 302 g/mol. The summed E-state index contributed by atoms with van der Waals surface area (Å²) in [4.78, 5) is 11.9. The fraction of sp³-hybridized carbons (Fsp3) is 0.583. The van der Waals surface area contributed by atoms with Crippen molar-refractivity contribution in [2.75, 3.05) is 13.2 Å². The van der Waals surface area contributed by atoms with E-state index in [1.807, 2.05) is 0 Å². The highest BCUT2D eigenvalue weighted by Gasteiger charge is 2.29. The summed E-state index contributed by atoms with van der Waals surface area (Å²) in [6, 6.07) is 0. The summed E-state index contributed by atoms with van der Waals surface area (Å²) in [6.45, 7) is 4.02. The molecule has 0 aromatic carbocycles. The van der Waals surface area contributed by atoms with Crippen LogP contribution in [0.15, 0.2) is 9.31 Å². The molecule has 112 valence electrons. The van der Waals surface area contributed by atoms with Crippen molar-refractivity contribution in [3.8, 4) is 0 Å². The highest BCUT2D eigenvalue weighted by Crippen LogP contribution is 2.25. The first-order chi connectivity index (χ1) is 9.30. The number of carbonyl (C=O) groups excluding carboxylic acids is 1. The molecule has 1 fully saturated rings. The van der Waals surface area contributed by atoms with E-state index in [0.717, 1.165) is 12.8 Å². The molecule has 1 amide bonds. The van der Waals surface area contributed by atoms with Crippen molar-refractivity contribution in [1.82, 2.24) is 5.32 Å². The maximum Gasteiger partial charge on any atom is 0.256 e. The van der Waals surface area contributed by atoms with Crippen LogP contribution in [0.3, 0.4) is 0 Å². The molecule has 0 radical (unpaired) electrons. The maximum absolute atomic E-state index is 12.2. The summed E-state index contributed by atoms with van der Waals surface area (Å²) in [5.74, 6) is -0.164. The van der Waals surface area contributed by atoms with Gasteiger partial charge in [0.25, 0.3) is 5.91 Å². The van der Waals surface area contributed by atoms with Crippen molar-refractivity contribution < 1.29 is 22.4 Å². The van der Waals surface area contributed by atoms with Gasteiger partial charge in [-0.15, -0.1) is 0 Å². The highest BCUT2D eigenvalue weighted by atomic mass is 32.2. The van der Waals surface area contributed by atoms with Crippen LogP contribution >= 0.6 is 0 Å². The minimum Gasteiger partial charge on any atom is -0.464 e. The van der Waals surface area contributed by atoms with Gasteiger partial charge in [0.05, 0.1) is 6.10 Å². The largest absolute Gasteiger partial charge is 0.464 e. The van der Waals surface area contributed by atoms with Crippen molar-refractivity contribution in [2.45, 2.75) is 37.7 Å². The van der Waals surface area contributed by atoms with Crippen molar-refractivity contribution in [1.29, 1.82) is 0 Å². The van der Waals surface area contributed by atoms with Gasteiger partial charge in [0.2, 0.25) is 10.0 Å². The van der Waals surface area contributed by atoms with Crippen molar-refractivity contribution in [3.05, 3.63) is 17.1 Å². The number of sulfonamides is 1. The van der Waals surface area contributed by atoms with Crippen LogP contribution in [0.2, 0.25) is 0 Å². The first-order valence-corrected chi connectivity index (χ1v) is 7.88. The molecule has 0 bridgehead atoms.